The Bertz CT molecular complexity index is 1540. The third-order valence-electron chi connectivity index (χ3n) is 6.82. The predicted molar refractivity (Wildman–Crippen MR) is 140 cm³/mol. The van der Waals surface area contributed by atoms with Crippen LogP contribution < -0.4 is 19.9 Å². The first-order chi connectivity index (χ1) is 19.9. The van der Waals surface area contributed by atoms with E-state index in [1.165, 1.54) is 23.4 Å². The van der Waals surface area contributed by atoms with Crippen LogP contribution in [0.1, 0.15) is 10.5 Å². The molecule has 3 amide bonds. The van der Waals surface area contributed by atoms with Gasteiger partial charge in [-0.2, -0.15) is 0 Å². The number of rotatable bonds is 8. The largest absolute Gasteiger partial charge is 0.471 e. The number of hydrogen-bond donors (Lipinski definition) is 1. The Morgan fingerprint density at radius 1 is 1.17 bits per heavy atom. The molecule has 5 heterocycles. The Kier molecular flexibility index (Phi) is 7.06. The highest BCUT2D eigenvalue weighted by Crippen LogP contribution is 2.29. The van der Waals surface area contributed by atoms with Crippen LogP contribution in [-0.2, 0) is 9.53 Å². The molecule has 0 saturated carbocycles. The summed E-state index contributed by atoms with van der Waals surface area (Å²) in [5.74, 6) is -0.915. The van der Waals surface area contributed by atoms with Gasteiger partial charge in [0.05, 0.1) is 30.7 Å². The van der Waals surface area contributed by atoms with Crippen LogP contribution in [0.4, 0.5) is 20.6 Å². The van der Waals surface area contributed by atoms with Crippen molar-refractivity contribution in [3.05, 3.63) is 66.8 Å². The second kappa shape index (κ2) is 11.1. The van der Waals surface area contributed by atoms with E-state index in [4.69, 9.17) is 14.0 Å². The molecule has 0 radical (unpaired) electrons. The summed E-state index contributed by atoms with van der Waals surface area (Å²) < 4.78 is 32.3. The van der Waals surface area contributed by atoms with Crippen molar-refractivity contribution < 1.29 is 32.8 Å². The normalized spacial score (nSPS) is 17.1. The number of fused-ring (bicyclic) bond motifs is 1. The van der Waals surface area contributed by atoms with Gasteiger partial charge in [0.1, 0.15) is 24.4 Å². The van der Waals surface area contributed by atoms with Gasteiger partial charge in [-0.1, -0.05) is 0 Å². The van der Waals surface area contributed by atoms with Gasteiger partial charge in [0.2, 0.25) is 5.91 Å². The summed E-state index contributed by atoms with van der Waals surface area (Å²) in [5, 5.41) is 6.25. The molecule has 212 valence electrons. The first kappa shape index (κ1) is 26.0. The zero-order valence-electron chi connectivity index (χ0n) is 21.7. The minimum absolute atomic E-state index is 0.0836. The number of aromatic nitrogens is 4. The van der Waals surface area contributed by atoms with E-state index in [0.717, 1.165) is 0 Å². The Balaban J connectivity index is 0.991. The number of imidazole rings is 1. The van der Waals surface area contributed by atoms with Crippen molar-refractivity contribution >= 4 is 34.9 Å². The number of benzene rings is 1. The van der Waals surface area contributed by atoms with Crippen molar-refractivity contribution in [3.8, 4) is 5.88 Å². The first-order valence-corrected chi connectivity index (χ1v) is 12.8. The summed E-state index contributed by atoms with van der Waals surface area (Å²) >= 11 is 0. The van der Waals surface area contributed by atoms with Crippen LogP contribution in [0.2, 0.25) is 0 Å². The summed E-state index contributed by atoms with van der Waals surface area (Å²) in [5.41, 5.74) is 1.45. The van der Waals surface area contributed by atoms with Crippen molar-refractivity contribution in [1.29, 1.82) is 0 Å². The van der Waals surface area contributed by atoms with Crippen LogP contribution >= 0.6 is 0 Å². The minimum Gasteiger partial charge on any atom is -0.471 e. The molecular formula is C26H25FN8O6. The zero-order valence-corrected chi connectivity index (χ0v) is 21.7. The zero-order chi connectivity index (χ0) is 28.3. The molecule has 14 nitrogen and oxygen atoms in total. The number of nitrogens with zero attached hydrogens (tertiary/aromatic N) is 7. The molecular weight excluding hydrogens is 539 g/mol. The maximum atomic E-state index is 15.1. The molecule has 6 rings (SSSR count). The van der Waals surface area contributed by atoms with E-state index in [9.17, 15) is 14.4 Å². The quantitative estimate of drug-likeness (QED) is 0.332. The van der Waals surface area contributed by atoms with Crippen LogP contribution in [-0.4, -0.2) is 94.3 Å². The fourth-order valence-corrected chi connectivity index (χ4v) is 4.70. The molecule has 41 heavy (non-hydrogen) atoms. The van der Waals surface area contributed by atoms with Crippen LogP contribution in [0.15, 0.2) is 59.8 Å². The topological polar surface area (TPSA) is 148 Å². The SMILES string of the molecule is O=C(NCC(=O)N1CCN(c2ccc(N3C[C@H](COc4ccon4)OC3=O)cc2F)CC1)c1cn2ccncc2n1. The van der Waals surface area contributed by atoms with Gasteiger partial charge in [0.15, 0.2) is 11.8 Å². The number of carbonyl (C=O) groups excluding carboxylic acids is 3. The molecule has 2 aliphatic heterocycles. The molecule has 0 bridgehead atoms. The molecule has 2 fully saturated rings. The smallest absolute Gasteiger partial charge is 0.414 e. The molecule has 3 aromatic heterocycles. The lowest BCUT2D eigenvalue weighted by Crippen LogP contribution is -2.51. The number of ether oxygens (including phenoxy) is 2. The molecule has 2 saturated heterocycles. The van der Waals surface area contributed by atoms with E-state index in [1.54, 1.807) is 46.1 Å². The van der Waals surface area contributed by atoms with Crippen molar-refractivity contribution in [2.24, 2.45) is 0 Å². The molecule has 2 aliphatic rings. The highest BCUT2D eigenvalue weighted by Gasteiger charge is 2.34. The lowest BCUT2D eigenvalue weighted by atomic mass is 10.2. The summed E-state index contributed by atoms with van der Waals surface area (Å²) in [7, 11) is 0. The minimum atomic E-state index is -0.594. The first-order valence-electron chi connectivity index (χ1n) is 12.8. The Morgan fingerprint density at radius 2 is 2.02 bits per heavy atom. The lowest BCUT2D eigenvalue weighted by Gasteiger charge is -2.36. The van der Waals surface area contributed by atoms with Gasteiger partial charge < -0.3 is 33.5 Å². The molecule has 0 aliphatic carbocycles. The maximum Gasteiger partial charge on any atom is 0.414 e. The highest BCUT2D eigenvalue weighted by atomic mass is 19.1. The van der Waals surface area contributed by atoms with E-state index >= 15 is 4.39 Å². The van der Waals surface area contributed by atoms with Gasteiger partial charge in [0, 0.05) is 50.8 Å². The fraction of sp³-hybridized carbons (Fsp3) is 0.308. The van der Waals surface area contributed by atoms with Gasteiger partial charge in [-0.25, -0.2) is 14.2 Å². The van der Waals surface area contributed by atoms with Crippen molar-refractivity contribution in [2.75, 3.05) is 55.7 Å². The number of nitrogens with one attached hydrogen (secondary N) is 1. The van der Waals surface area contributed by atoms with E-state index in [-0.39, 0.29) is 37.2 Å². The van der Waals surface area contributed by atoms with Crippen molar-refractivity contribution in [3.63, 3.8) is 0 Å². The van der Waals surface area contributed by atoms with E-state index in [1.807, 2.05) is 4.90 Å². The Morgan fingerprint density at radius 3 is 2.78 bits per heavy atom. The van der Waals surface area contributed by atoms with Gasteiger partial charge in [-0.15, -0.1) is 0 Å². The molecule has 1 N–H and O–H groups in total. The monoisotopic (exact) mass is 564 g/mol. The Labute approximate surface area is 232 Å². The van der Waals surface area contributed by atoms with Gasteiger partial charge in [-0.3, -0.25) is 19.5 Å². The van der Waals surface area contributed by atoms with Crippen LogP contribution in [0.5, 0.6) is 5.88 Å². The fourth-order valence-electron chi connectivity index (χ4n) is 4.70. The van der Waals surface area contributed by atoms with Gasteiger partial charge >= 0.3 is 6.09 Å². The Hall–Kier alpha value is -5.21. The van der Waals surface area contributed by atoms with Crippen LogP contribution in [0.25, 0.3) is 5.65 Å². The predicted octanol–water partition coefficient (Wildman–Crippen LogP) is 1.34. The third kappa shape index (κ3) is 5.59. The summed E-state index contributed by atoms with van der Waals surface area (Å²) in [6.07, 6.45) is 6.58. The number of piperazine rings is 1. The van der Waals surface area contributed by atoms with Crippen molar-refractivity contribution in [1.82, 2.24) is 29.7 Å². The second-order valence-electron chi connectivity index (χ2n) is 9.42. The average molecular weight is 565 g/mol. The van der Waals surface area contributed by atoms with Crippen LogP contribution in [0, 0.1) is 5.82 Å². The van der Waals surface area contributed by atoms with E-state index in [2.05, 4.69) is 20.4 Å². The number of carbonyl (C=O) groups is 3. The average Bonchev–Trinajstić information content (AvgIpc) is 3.74. The van der Waals surface area contributed by atoms with E-state index in [0.29, 0.717) is 43.2 Å². The molecule has 4 aromatic rings. The van der Waals surface area contributed by atoms with E-state index < -0.39 is 23.9 Å². The summed E-state index contributed by atoms with van der Waals surface area (Å²) in [6, 6.07) is 6.10. The number of halogens is 1. The van der Waals surface area contributed by atoms with Gasteiger partial charge in [0.25, 0.3) is 11.8 Å². The number of cyclic esters (lactones) is 1. The number of amides is 3. The molecule has 1 atom stereocenters. The van der Waals surface area contributed by atoms with Crippen molar-refractivity contribution in [2.45, 2.75) is 6.10 Å². The van der Waals surface area contributed by atoms with Gasteiger partial charge in [-0.05, 0) is 23.4 Å². The molecule has 15 heteroatoms. The van der Waals surface area contributed by atoms with Crippen LogP contribution in [0.3, 0.4) is 0 Å². The maximum absolute atomic E-state index is 15.1. The molecule has 0 spiro atoms. The summed E-state index contributed by atoms with van der Waals surface area (Å²) in [6.45, 7) is 1.64. The molecule has 0 unspecified atom stereocenters. The number of hydrogen-bond acceptors (Lipinski definition) is 10. The lowest BCUT2D eigenvalue weighted by molar-refractivity contribution is -0.130. The highest BCUT2D eigenvalue weighted by molar-refractivity contribution is 5.95. The standard InChI is InChI=1S/C26H25FN8O6/c27-19-11-17(35-14-18(41-26(35)38)16-39-23-3-10-40-31-23)1-2-21(19)32-6-8-33(9-7-32)24(36)13-29-25(37)20-15-34-5-4-28-12-22(34)30-20/h1-5,10-12,15,18H,6-9,13-14,16H2,(H,29,37)/t18-/m1/s1. The molecule has 1 aromatic carbocycles. The second-order valence-corrected chi connectivity index (χ2v) is 9.42. The third-order valence-corrected chi connectivity index (χ3v) is 6.82. The number of anilines is 2. The summed E-state index contributed by atoms with van der Waals surface area (Å²) in [4.78, 5) is 50.5.